The van der Waals surface area contributed by atoms with Crippen LogP contribution in [0.4, 0.5) is 11.5 Å². The fourth-order valence-corrected chi connectivity index (χ4v) is 2.40. The first-order valence-corrected chi connectivity index (χ1v) is 7.06. The van der Waals surface area contributed by atoms with E-state index in [1.165, 1.54) is 0 Å². The van der Waals surface area contributed by atoms with Gasteiger partial charge in [-0.15, -0.1) is 0 Å². The Labute approximate surface area is 120 Å². The minimum Gasteiger partial charge on any atom is -0.396 e. The van der Waals surface area contributed by atoms with Gasteiger partial charge in [0, 0.05) is 37.8 Å². The van der Waals surface area contributed by atoms with Crippen molar-refractivity contribution in [3.05, 3.63) is 17.8 Å². The van der Waals surface area contributed by atoms with E-state index >= 15 is 0 Å². The summed E-state index contributed by atoms with van der Waals surface area (Å²) in [6.07, 6.45) is 1.79. The molecule has 1 amide bonds. The Bertz CT molecular complexity index is 499. The van der Waals surface area contributed by atoms with E-state index in [1.807, 2.05) is 38.7 Å². The van der Waals surface area contributed by atoms with Gasteiger partial charge in [0.05, 0.1) is 5.69 Å². The van der Waals surface area contributed by atoms with Gasteiger partial charge in [0.1, 0.15) is 0 Å². The van der Waals surface area contributed by atoms with Crippen molar-refractivity contribution < 1.29 is 4.79 Å². The minimum absolute atomic E-state index is 0.210. The van der Waals surface area contributed by atoms with Crippen molar-refractivity contribution in [2.24, 2.45) is 5.41 Å². The average molecular weight is 276 g/mol. The molecule has 0 aromatic carbocycles. The smallest absolute Gasteiger partial charge is 0.228 e. The lowest BCUT2D eigenvalue weighted by Gasteiger charge is -2.38. The summed E-state index contributed by atoms with van der Waals surface area (Å²) in [5.74, 6) is 1.05. The number of nitrogen functional groups attached to an aromatic ring is 1. The Morgan fingerprint density at radius 1 is 1.25 bits per heavy atom. The van der Waals surface area contributed by atoms with Gasteiger partial charge in [0.2, 0.25) is 5.91 Å². The van der Waals surface area contributed by atoms with Crippen LogP contribution in [0, 0.1) is 12.3 Å². The van der Waals surface area contributed by atoms with Crippen LogP contribution in [0.5, 0.6) is 0 Å². The third-order valence-electron chi connectivity index (χ3n) is 3.70. The van der Waals surface area contributed by atoms with Crippen molar-refractivity contribution in [3.63, 3.8) is 0 Å². The van der Waals surface area contributed by atoms with Crippen LogP contribution in [0.25, 0.3) is 0 Å². The van der Waals surface area contributed by atoms with E-state index in [1.54, 1.807) is 6.20 Å². The van der Waals surface area contributed by atoms with Crippen LogP contribution in [0.2, 0.25) is 0 Å². The molecule has 0 saturated carbocycles. The molecule has 1 saturated heterocycles. The number of nitrogens with zero attached hydrogens (tertiary/aromatic N) is 3. The highest BCUT2D eigenvalue weighted by molar-refractivity contribution is 5.82. The maximum absolute atomic E-state index is 12.3. The normalized spacial score (nSPS) is 16.4. The van der Waals surface area contributed by atoms with Crippen LogP contribution in [0.15, 0.2) is 12.3 Å². The van der Waals surface area contributed by atoms with Crippen molar-refractivity contribution in [1.82, 2.24) is 9.88 Å². The van der Waals surface area contributed by atoms with Gasteiger partial charge in [-0.2, -0.15) is 0 Å². The van der Waals surface area contributed by atoms with Crippen LogP contribution in [0.3, 0.4) is 0 Å². The summed E-state index contributed by atoms with van der Waals surface area (Å²) in [5, 5.41) is 0. The molecule has 0 atom stereocenters. The summed E-state index contributed by atoms with van der Waals surface area (Å²) in [7, 11) is 0. The molecular weight excluding hydrogens is 252 g/mol. The van der Waals surface area contributed by atoms with E-state index in [9.17, 15) is 4.79 Å². The first-order valence-electron chi connectivity index (χ1n) is 7.06. The molecule has 0 bridgehead atoms. The van der Waals surface area contributed by atoms with Crippen molar-refractivity contribution in [3.8, 4) is 0 Å². The molecule has 20 heavy (non-hydrogen) atoms. The molecule has 1 aliphatic heterocycles. The quantitative estimate of drug-likeness (QED) is 0.847. The van der Waals surface area contributed by atoms with E-state index in [0.29, 0.717) is 0 Å². The Morgan fingerprint density at radius 3 is 2.40 bits per heavy atom. The van der Waals surface area contributed by atoms with Crippen molar-refractivity contribution >= 4 is 17.4 Å². The van der Waals surface area contributed by atoms with E-state index in [4.69, 9.17) is 5.73 Å². The summed E-state index contributed by atoms with van der Waals surface area (Å²) in [6.45, 7) is 10.9. The number of hydrogen-bond donors (Lipinski definition) is 1. The minimum atomic E-state index is -0.317. The van der Waals surface area contributed by atoms with E-state index in [2.05, 4.69) is 9.88 Å². The number of hydrogen-bond acceptors (Lipinski definition) is 4. The molecule has 0 unspecified atom stereocenters. The number of carbonyl (C=O) groups is 1. The first-order chi connectivity index (χ1) is 9.30. The number of rotatable bonds is 1. The second kappa shape index (κ2) is 5.31. The van der Waals surface area contributed by atoms with Gasteiger partial charge >= 0.3 is 0 Å². The van der Waals surface area contributed by atoms with Crippen LogP contribution >= 0.6 is 0 Å². The monoisotopic (exact) mass is 276 g/mol. The Hall–Kier alpha value is -1.78. The van der Waals surface area contributed by atoms with Gasteiger partial charge in [0.25, 0.3) is 0 Å². The molecule has 1 aliphatic rings. The van der Waals surface area contributed by atoms with Crippen molar-refractivity contribution in [1.29, 1.82) is 0 Å². The lowest BCUT2D eigenvalue weighted by atomic mass is 9.94. The Morgan fingerprint density at radius 2 is 1.85 bits per heavy atom. The van der Waals surface area contributed by atoms with Gasteiger partial charge in [0.15, 0.2) is 5.82 Å². The van der Waals surface area contributed by atoms with Gasteiger partial charge < -0.3 is 15.5 Å². The van der Waals surface area contributed by atoms with E-state index in [0.717, 1.165) is 43.2 Å². The zero-order valence-electron chi connectivity index (χ0n) is 12.8. The molecule has 0 aliphatic carbocycles. The third kappa shape index (κ3) is 2.86. The summed E-state index contributed by atoms with van der Waals surface area (Å²) in [5.41, 5.74) is 7.56. The maximum atomic E-state index is 12.3. The van der Waals surface area contributed by atoms with E-state index in [-0.39, 0.29) is 11.3 Å². The number of nitrogens with two attached hydrogens (primary N) is 1. The molecular formula is C15H24N4O. The van der Waals surface area contributed by atoms with Crippen LogP contribution in [-0.2, 0) is 4.79 Å². The third-order valence-corrected chi connectivity index (χ3v) is 3.70. The highest BCUT2D eigenvalue weighted by Gasteiger charge is 2.30. The molecule has 5 heteroatoms. The lowest BCUT2D eigenvalue weighted by Crippen LogP contribution is -2.52. The molecule has 0 radical (unpaired) electrons. The Balaban J connectivity index is 2.05. The largest absolute Gasteiger partial charge is 0.396 e. The van der Waals surface area contributed by atoms with Crippen LogP contribution < -0.4 is 10.6 Å². The molecule has 1 aromatic heterocycles. The summed E-state index contributed by atoms with van der Waals surface area (Å²) in [4.78, 5) is 20.7. The standard InChI is InChI=1S/C15H24N4O/c1-11-5-6-17-13(12(11)16)18-7-9-19(10-8-18)14(20)15(2,3)4/h5-6H,7-10,16H2,1-4H3. The number of aryl methyl sites for hydroxylation is 1. The lowest BCUT2D eigenvalue weighted by molar-refractivity contribution is -0.139. The molecule has 2 heterocycles. The van der Waals surface area contributed by atoms with Gasteiger partial charge in [-0.1, -0.05) is 20.8 Å². The SMILES string of the molecule is Cc1ccnc(N2CCN(C(=O)C(C)(C)C)CC2)c1N. The topological polar surface area (TPSA) is 62.5 Å². The molecule has 5 nitrogen and oxygen atoms in total. The molecule has 0 spiro atoms. The summed E-state index contributed by atoms with van der Waals surface area (Å²) < 4.78 is 0. The highest BCUT2D eigenvalue weighted by atomic mass is 16.2. The first kappa shape index (κ1) is 14.6. The molecule has 110 valence electrons. The average Bonchev–Trinajstić information content (AvgIpc) is 2.40. The summed E-state index contributed by atoms with van der Waals surface area (Å²) >= 11 is 0. The highest BCUT2D eigenvalue weighted by Crippen LogP contribution is 2.25. The zero-order chi connectivity index (χ0) is 14.9. The fourth-order valence-electron chi connectivity index (χ4n) is 2.40. The van der Waals surface area contributed by atoms with E-state index < -0.39 is 0 Å². The number of aromatic nitrogens is 1. The molecule has 2 N–H and O–H groups in total. The second-order valence-electron chi connectivity index (χ2n) is 6.39. The predicted molar refractivity (Wildman–Crippen MR) is 81.6 cm³/mol. The zero-order valence-corrected chi connectivity index (χ0v) is 12.8. The number of anilines is 2. The molecule has 1 fully saturated rings. The predicted octanol–water partition coefficient (Wildman–Crippen LogP) is 1.67. The van der Waals surface area contributed by atoms with Crippen LogP contribution in [0.1, 0.15) is 26.3 Å². The fraction of sp³-hybridized carbons (Fsp3) is 0.600. The van der Waals surface area contributed by atoms with Crippen LogP contribution in [-0.4, -0.2) is 42.0 Å². The van der Waals surface area contributed by atoms with Gasteiger partial charge in [-0.05, 0) is 18.6 Å². The second-order valence-corrected chi connectivity index (χ2v) is 6.39. The number of pyridine rings is 1. The maximum Gasteiger partial charge on any atom is 0.228 e. The number of carbonyl (C=O) groups excluding carboxylic acids is 1. The van der Waals surface area contributed by atoms with Crippen molar-refractivity contribution in [2.45, 2.75) is 27.7 Å². The molecule has 1 aromatic rings. The summed E-state index contributed by atoms with van der Waals surface area (Å²) in [6, 6.07) is 1.91. The number of piperazine rings is 1. The Kier molecular flexibility index (Phi) is 3.88. The molecule has 2 rings (SSSR count). The van der Waals surface area contributed by atoms with Gasteiger partial charge in [-0.3, -0.25) is 4.79 Å². The van der Waals surface area contributed by atoms with Gasteiger partial charge in [-0.25, -0.2) is 4.98 Å². The van der Waals surface area contributed by atoms with Crippen molar-refractivity contribution in [2.75, 3.05) is 36.8 Å². The number of amides is 1.